The molecule has 1 aliphatic carbocycles. The summed E-state index contributed by atoms with van der Waals surface area (Å²) < 4.78 is 0. The molecule has 19 heavy (non-hydrogen) atoms. The molecule has 3 heteroatoms. The molecular weight excluding hydrogens is 277 g/mol. The predicted octanol–water partition coefficient (Wildman–Crippen LogP) is 5.38. The topological polar surface area (TPSA) is 26.0 Å². The van der Waals surface area contributed by atoms with E-state index < -0.39 is 0 Å². The fraction of sp³-hybridized carbons (Fsp3) is 0.625. The zero-order valence-electron chi connectivity index (χ0n) is 11.8. The van der Waals surface area contributed by atoms with Crippen molar-refractivity contribution >= 4 is 23.2 Å². The van der Waals surface area contributed by atoms with Crippen molar-refractivity contribution in [3.05, 3.63) is 33.8 Å². The maximum absolute atomic E-state index is 6.66. The van der Waals surface area contributed by atoms with Gasteiger partial charge in [-0.3, -0.25) is 0 Å². The molecule has 1 aromatic carbocycles. The highest BCUT2D eigenvalue weighted by Gasteiger charge is 2.34. The smallest absolute Gasteiger partial charge is 0.0595 e. The Kier molecular flexibility index (Phi) is 4.81. The Morgan fingerprint density at radius 1 is 1.32 bits per heavy atom. The molecule has 2 unspecified atom stereocenters. The van der Waals surface area contributed by atoms with Crippen LogP contribution in [0.15, 0.2) is 18.2 Å². The molecule has 0 heterocycles. The summed E-state index contributed by atoms with van der Waals surface area (Å²) >= 11 is 12.1. The van der Waals surface area contributed by atoms with Gasteiger partial charge in [0.2, 0.25) is 0 Å². The number of benzene rings is 1. The van der Waals surface area contributed by atoms with Gasteiger partial charge in [-0.2, -0.15) is 0 Å². The van der Waals surface area contributed by atoms with E-state index in [4.69, 9.17) is 28.9 Å². The SMILES string of the molecule is CC(C)CC1CCCC(N)(c2ccc(Cl)c(Cl)c2)C1. The minimum absolute atomic E-state index is 0.230. The van der Waals surface area contributed by atoms with Gasteiger partial charge in [0.15, 0.2) is 0 Å². The lowest BCUT2D eigenvalue weighted by atomic mass is 9.70. The van der Waals surface area contributed by atoms with Gasteiger partial charge >= 0.3 is 0 Å². The van der Waals surface area contributed by atoms with Crippen molar-refractivity contribution in [1.82, 2.24) is 0 Å². The molecule has 2 atom stereocenters. The van der Waals surface area contributed by atoms with Crippen LogP contribution in [-0.4, -0.2) is 0 Å². The molecule has 0 saturated heterocycles. The van der Waals surface area contributed by atoms with Gasteiger partial charge < -0.3 is 5.73 Å². The summed E-state index contributed by atoms with van der Waals surface area (Å²) in [6, 6.07) is 5.84. The fourth-order valence-electron chi connectivity index (χ4n) is 3.36. The summed E-state index contributed by atoms with van der Waals surface area (Å²) in [5, 5.41) is 1.21. The summed E-state index contributed by atoms with van der Waals surface area (Å²) in [5.74, 6) is 1.47. The van der Waals surface area contributed by atoms with Crippen molar-refractivity contribution in [3.63, 3.8) is 0 Å². The second-order valence-electron chi connectivity index (χ2n) is 6.38. The van der Waals surface area contributed by atoms with Crippen LogP contribution in [0.3, 0.4) is 0 Å². The molecule has 2 rings (SSSR count). The van der Waals surface area contributed by atoms with Crippen LogP contribution in [0.2, 0.25) is 10.0 Å². The first kappa shape index (κ1) is 15.2. The molecule has 1 saturated carbocycles. The van der Waals surface area contributed by atoms with Crippen LogP contribution in [0.25, 0.3) is 0 Å². The van der Waals surface area contributed by atoms with Gasteiger partial charge in [0, 0.05) is 5.54 Å². The Bertz CT molecular complexity index is 444. The van der Waals surface area contributed by atoms with E-state index in [1.807, 2.05) is 18.2 Å². The monoisotopic (exact) mass is 299 g/mol. The van der Waals surface area contributed by atoms with Gasteiger partial charge in [-0.15, -0.1) is 0 Å². The Morgan fingerprint density at radius 2 is 2.05 bits per heavy atom. The third-order valence-corrected chi connectivity index (χ3v) is 4.93. The van der Waals surface area contributed by atoms with Crippen molar-refractivity contribution in [2.24, 2.45) is 17.6 Å². The Morgan fingerprint density at radius 3 is 2.68 bits per heavy atom. The van der Waals surface area contributed by atoms with E-state index in [9.17, 15) is 0 Å². The highest BCUT2D eigenvalue weighted by atomic mass is 35.5. The van der Waals surface area contributed by atoms with E-state index in [-0.39, 0.29) is 5.54 Å². The number of halogens is 2. The second-order valence-corrected chi connectivity index (χ2v) is 7.19. The Hall–Kier alpha value is -0.240. The first-order valence-electron chi connectivity index (χ1n) is 7.15. The van der Waals surface area contributed by atoms with Crippen LogP contribution in [-0.2, 0) is 5.54 Å². The Balaban J connectivity index is 2.18. The van der Waals surface area contributed by atoms with Gasteiger partial charge in [0.25, 0.3) is 0 Å². The largest absolute Gasteiger partial charge is 0.321 e. The van der Waals surface area contributed by atoms with Crippen molar-refractivity contribution < 1.29 is 0 Å². The normalized spacial score (nSPS) is 27.8. The zero-order valence-corrected chi connectivity index (χ0v) is 13.3. The van der Waals surface area contributed by atoms with E-state index >= 15 is 0 Å². The molecule has 2 N–H and O–H groups in total. The molecule has 1 fully saturated rings. The number of nitrogens with two attached hydrogens (primary N) is 1. The van der Waals surface area contributed by atoms with E-state index in [0.29, 0.717) is 10.0 Å². The lowest BCUT2D eigenvalue weighted by molar-refractivity contribution is 0.202. The summed E-state index contributed by atoms with van der Waals surface area (Å²) in [5.41, 5.74) is 7.57. The summed E-state index contributed by atoms with van der Waals surface area (Å²) in [6.45, 7) is 4.57. The quantitative estimate of drug-likeness (QED) is 0.796. The molecule has 1 aromatic rings. The highest BCUT2D eigenvalue weighted by molar-refractivity contribution is 6.42. The van der Waals surface area contributed by atoms with E-state index in [1.54, 1.807) is 0 Å². The van der Waals surface area contributed by atoms with Crippen molar-refractivity contribution in [2.45, 2.75) is 51.5 Å². The molecule has 0 aliphatic heterocycles. The van der Waals surface area contributed by atoms with Gasteiger partial charge in [0.05, 0.1) is 10.0 Å². The van der Waals surface area contributed by atoms with Crippen LogP contribution in [0.4, 0.5) is 0 Å². The van der Waals surface area contributed by atoms with Gasteiger partial charge in [-0.05, 0) is 48.8 Å². The van der Waals surface area contributed by atoms with Gasteiger partial charge in [0.1, 0.15) is 0 Å². The molecule has 0 radical (unpaired) electrons. The maximum atomic E-state index is 6.66. The molecule has 0 aromatic heterocycles. The first-order chi connectivity index (χ1) is 8.90. The van der Waals surface area contributed by atoms with Crippen LogP contribution in [0.5, 0.6) is 0 Å². The van der Waals surface area contributed by atoms with E-state index in [2.05, 4.69) is 13.8 Å². The fourth-order valence-corrected chi connectivity index (χ4v) is 3.66. The first-order valence-corrected chi connectivity index (χ1v) is 7.91. The predicted molar refractivity (Wildman–Crippen MR) is 83.7 cm³/mol. The highest BCUT2D eigenvalue weighted by Crippen LogP contribution is 2.41. The molecule has 0 spiro atoms. The summed E-state index contributed by atoms with van der Waals surface area (Å²) in [4.78, 5) is 0. The average Bonchev–Trinajstić information content (AvgIpc) is 2.31. The van der Waals surface area contributed by atoms with Crippen LogP contribution in [0, 0.1) is 11.8 Å². The molecule has 0 amide bonds. The molecular formula is C16H23Cl2N. The number of rotatable bonds is 3. The van der Waals surface area contributed by atoms with E-state index in [1.165, 1.54) is 19.3 Å². The van der Waals surface area contributed by atoms with Crippen LogP contribution < -0.4 is 5.73 Å². The van der Waals surface area contributed by atoms with Crippen LogP contribution >= 0.6 is 23.2 Å². The van der Waals surface area contributed by atoms with Crippen LogP contribution in [0.1, 0.15) is 51.5 Å². The summed E-state index contributed by atoms with van der Waals surface area (Å²) in [7, 11) is 0. The standard InChI is InChI=1S/C16H23Cl2N/c1-11(2)8-12-4-3-7-16(19,10-12)13-5-6-14(17)15(18)9-13/h5-6,9,11-12H,3-4,7-8,10,19H2,1-2H3. The zero-order chi connectivity index (χ0) is 14.0. The second kappa shape index (κ2) is 6.03. The molecule has 1 nitrogen and oxygen atoms in total. The average molecular weight is 300 g/mol. The van der Waals surface area contributed by atoms with Gasteiger partial charge in [-0.1, -0.05) is 56.0 Å². The minimum Gasteiger partial charge on any atom is -0.321 e. The van der Waals surface area contributed by atoms with Crippen molar-refractivity contribution in [2.75, 3.05) is 0 Å². The third-order valence-electron chi connectivity index (χ3n) is 4.19. The number of hydrogen-bond donors (Lipinski definition) is 1. The molecule has 0 bridgehead atoms. The Labute approximate surface area is 126 Å². The van der Waals surface area contributed by atoms with E-state index in [0.717, 1.165) is 30.2 Å². The lowest BCUT2D eigenvalue weighted by Crippen LogP contribution is -2.41. The van der Waals surface area contributed by atoms with Crippen molar-refractivity contribution in [3.8, 4) is 0 Å². The lowest BCUT2D eigenvalue weighted by Gasteiger charge is -2.39. The summed E-state index contributed by atoms with van der Waals surface area (Å²) in [6.07, 6.45) is 5.87. The molecule has 1 aliphatic rings. The third kappa shape index (κ3) is 3.65. The van der Waals surface area contributed by atoms with Gasteiger partial charge in [-0.25, -0.2) is 0 Å². The maximum Gasteiger partial charge on any atom is 0.0595 e. The van der Waals surface area contributed by atoms with Crippen molar-refractivity contribution in [1.29, 1.82) is 0 Å². The number of hydrogen-bond acceptors (Lipinski definition) is 1. The molecule has 106 valence electrons. The minimum atomic E-state index is -0.230.